The van der Waals surface area contributed by atoms with Crippen molar-refractivity contribution in [2.75, 3.05) is 12.4 Å². The second-order valence-electron chi connectivity index (χ2n) is 4.03. The summed E-state index contributed by atoms with van der Waals surface area (Å²) in [5, 5.41) is 5.31. The smallest absolute Gasteiger partial charge is 0.328 e. The molecule has 0 amide bonds. The first-order valence-corrected chi connectivity index (χ1v) is 5.93. The van der Waals surface area contributed by atoms with Gasteiger partial charge in [0.25, 0.3) is 0 Å². The molecule has 0 aliphatic carbocycles. The van der Waals surface area contributed by atoms with Crippen molar-refractivity contribution >= 4 is 22.4 Å². The second kappa shape index (κ2) is 5.49. The maximum absolute atomic E-state index is 11.6. The minimum Gasteiger partial charge on any atom is -0.467 e. The molecule has 2 rings (SSSR count). The minimum atomic E-state index is -0.325. The molecular weight excluding hydrogens is 228 g/mol. The van der Waals surface area contributed by atoms with Gasteiger partial charge in [0, 0.05) is 28.9 Å². The molecule has 4 heteroatoms. The number of hydrogen-bond acceptors (Lipinski definition) is 4. The van der Waals surface area contributed by atoms with E-state index in [2.05, 4.69) is 10.3 Å². The van der Waals surface area contributed by atoms with Crippen LogP contribution in [0.15, 0.2) is 36.7 Å². The third kappa shape index (κ3) is 2.42. The van der Waals surface area contributed by atoms with Gasteiger partial charge in [-0.15, -0.1) is 0 Å². The van der Waals surface area contributed by atoms with Crippen molar-refractivity contribution in [3.8, 4) is 0 Å². The molecule has 0 radical (unpaired) electrons. The van der Waals surface area contributed by atoms with Gasteiger partial charge in [-0.2, -0.15) is 0 Å². The van der Waals surface area contributed by atoms with Crippen molar-refractivity contribution in [2.45, 2.75) is 19.4 Å². The summed E-state index contributed by atoms with van der Waals surface area (Å²) in [6.07, 6.45) is 4.22. The summed E-state index contributed by atoms with van der Waals surface area (Å²) >= 11 is 0. The second-order valence-corrected chi connectivity index (χ2v) is 4.03. The number of ether oxygens (including phenoxy) is 1. The molecule has 94 valence electrons. The quantitative estimate of drug-likeness (QED) is 0.840. The lowest BCUT2D eigenvalue weighted by molar-refractivity contribution is -0.141. The number of rotatable bonds is 4. The molecule has 0 fully saturated rings. The number of esters is 1. The Balaban J connectivity index is 2.33. The van der Waals surface area contributed by atoms with Gasteiger partial charge in [-0.3, -0.25) is 4.98 Å². The van der Waals surface area contributed by atoms with Gasteiger partial charge in [0.15, 0.2) is 0 Å². The highest BCUT2D eigenvalue weighted by atomic mass is 16.5. The predicted molar refractivity (Wildman–Crippen MR) is 71.5 cm³/mol. The van der Waals surface area contributed by atoms with Crippen molar-refractivity contribution in [2.24, 2.45) is 0 Å². The molecule has 4 nitrogen and oxygen atoms in total. The largest absolute Gasteiger partial charge is 0.467 e. The lowest BCUT2D eigenvalue weighted by Crippen LogP contribution is -2.29. The Morgan fingerprint density at radius 2 is 2.28 bits per heavy atom. The molecule has 0 saturated carbocycles. The SMILES string of the molecule is CCC(Nc1cccc2cnccc12)C(=O)OC. The Kier molecular flexibility index (Phi) is 3.77. The van der Waals surface area contributed by atoms with Crippen LogP contribution in [0.5, 0.6) is 0 Å². The zero-order valence-electron chi connectivity index (χ0n) is 10.5. The molecule has 0 aliphatic heterocycles. The Morgan fingerprint density at radius 3 is 3.00 bits per heavy atom. The number of aromatic nitrogens is 1. The van der Waals surface area contributed by atoms with E-state index in [1.54, 1.807) is 12.4 Å². The molecule has 1 atom stereocenters. The molecule has 1 aromatic carbocycles. The van der Waals surface area contributed by atoms with Crippen LogP contribution < -0.4 is 5.32 Å². The Hall–Kier alpha value is -2.10. The van der Waals surface area contributed by atoms with E-state index in [1.807, 2.05) is 31.2 Å². The first-order chi connectivity index (χ1) is 8.76. The Morgan fingerprint density at radius 1 is 1.44 bits per heavy atom. The van der Waals surface area contributed by atoms with Crippen LogP contribution in [0.25, 0.3) is 10.8 Å². The van der Waals surface area contributed by atoms with E-state index in [1.165, 1.54) is 7.11 Å². The number of carbonyl (C=O) groups excluding carboxylic acids is 1. The van der Waals surface area contributed by atoms with E-state index < -0.39 is 0 Å². The molecule has 1 unspecified atom stereocenters. The van der Waals surface area contributed by atoms with Crippen LogP contribution in [0.4, 0.5) is 5.69 Å². The van der Waals surface area contributed by atoms with Gasteiger partial charge in [0.1, 0.15) is 6.04 Å². The number of anilines is 1. The van der Waals surface area contributed by atoms with Gasteiger partial charge in [-0.25, -0.2) is 4.79 Å². The fourth-order valence-electron chi connectivity index (χ4n) is 1.91. The van der Waals surface area contributed by atoms with Gasteiger partial charge in [-0.1, -0.05) is 19.1 Å². The third-order valence-electron chi connectivity index (χ3n) is 2.90. The van der Waals surface area contributed by atoms with Crippen LogP contribution in [-0.4, -0.2) is 24.1 Å². The molecule has 0 aliphatic rings. The predicted octanol–water partition coefficient (Wildman–Crippen LogP) is 2.60. The number of carbonyl (C=O) groups is 1. The van der Waals surface area contributed by atoms with Crippen molar-refractivity contribution in [1.29, 1.82) is 0 Å². The van der Waals surface area contributed by atoms with Crippen LogP contribution in [0, 0.1) is 0 Å². The van der Waals surface area contributed by atoms with Crippen molar-refractivity contribution in [3.63, 3.8) is 0 Å². The molecule has 0 saturated heterocycles. The number of benzene rings is 1. The molecule has 1 N–H and O–H groups in total. The zero-order valence-corrected chi connectivity index (χ0v) is 10.5. The van der Waals surface area contributed by atoms with Crippen LogP contribution in [0.1, 0.15) is 13.3 Å². The number of pyridine rings is 1. The summed E-state index contributed by atoms with van der Waals surface area (Å²) < 4.78 is 4.77. The number of nitrogens with zero attached hydrogens (tertiary/aromatic N) is 1. The number of nitrogens with one attached hydrogen (secondary N) is 1. The summed E-state index contributed by atoms with van der Waals surface area (Å²) in [7, 11) is 1.40. The first kappa shape index (κ1) is 12.4. The van der Waals surface area contributed by atoms with Gasteiger partial charge in [-0.05, 0) is 18.6 Å². The average Bonchev–Trinajstić information content (AvgIpc) is 2.44. The van der Waals surface area contributed by atoms with E-state index in [9.17, 15) is 4.79 Å². The standard InChI is InChI=1S/C14H16N2O2/c1-3-12(14(17)18-2)16-13-6-4-5-10-9-15-8-7-11(10)13/h4-9,12,16H,3H2,1-2H3. The molecule has 2 aromatic rings. The van der Waals surface area contributed by atoms with Gasteiger partial charge in [0.05, 0.1) is 7.11 Å². The first-order valence-electron chi connectivity index (χ1n) is 5.93. The molecular formula is C14H16N2O2. The summed E-state index contributed by atoms with van der Waals surface area (Å²) in [4.78, 5) is 15.7. The van der Waals surface area contributed by atoms with E-state index in [0.29, 0.717) is 6.42 Å². The van der Waals surface area contributed by atoms with E-state index in [0.717, 1.165) is 16.5 Å². The maximum atomic E-state index is 11.6. The highest BCUT2D eigenvalue weighted by molar-refractivity contribution is 5.94. The van der Waals surface area contributed by atoms with Crippen LogP contribution in [0.2, 0.25) is 0 Å². The van der Waals surface area contributed by atoms with Crippen molar-refractivity contribution in [3.05, 3.63) is 36.7 Å². The molecule has 1 aromatic heterocycles. The van der Waals surface area contributed by atoms with Gasteiger partial charge < -0.3 is 10.1 Å². The molecule has 0 spiro atoms. The molecule has 1 heterocycles. The number of fused-ring (bicyclic) bond motifs is 1. The minimum absolute atomic E-state index is 0.247. The van der Waals surface area contributed by atoms with Crippen molar-refractivity contribution < 1.29 is 9.53 Å². The monoisotopic (exact) mass is 244 g/mol. The maximum Gasteiger partial charge on any atom is 0.328 e. The summed E-state index contributed by atoms with van der Waals surface area (Å²) in [5.41, 5.74) is 0.923. The fourth-order valence-corrected chi connectivity index (χ4v) is 1.91. The van der Waals surface area contributed by atoms with E-state index in [4.69, 9.17) is 4.74 Å². The average molecular weight is 244 g/mol. The van der Waals surface area contributed by atoms with Crippen LogP contribution in [-0.2, 0) is 9.53 Å². The van der Waals surface area contributed by atoms with Gasteiger partial charge >= 0.3 is 5.97 Å². The topological polar surface area (TPSA) is 51.2 Å². The summed E-state index contributed by atoms with van der Waals surface area (Å²) in [6, 6.07) is 7.49. The van der Waals surface area contributed by atoms with E-state index in [-0.39, 0.29) is 12.0 Å². The Bertz CT molecular complexity index is 549. The lowest BCUT2D eigenvalue weighted by Gasteiger charge is -2.17. The summed E-state index contributed by atoms with van der Waals surface area (Å²) in [5.74, 6) is -0.247. The lowest BCUT2D eigenvalue weighted by atomic mass is 10.1. The van der Waals surface area contributed by atoms with Crippen molar-refractivity contribution in [1.82, 2.24) is 4.98 Å². The van der Waals surface area contributed by atoms with Gasteiger partial charge in [0.2, 0.25) is 0 Å². The third-order valence-corrected chi connectivity index (χ3v) is 2.90. The van der Waals surface area contributed by atoms with Crippen LogP contribution >= 0.6 is 0 Å². The normalized spacial score (nSPS) is 12.1. The fraction of sp³-hybridized carbons (Fsp3) is 0.286. The number of methoxy groups -OCH3 is 1. The zero-order chi connectivity index (χ0) is 13.0. The highest BCUT2D eigenvalue weighted by Gasteiger charge is 2.17. The summed E-state index contributed by atoms with van der Waals surface area (Å²) in [6.45, 7) is 1.95. The molecule has 0 bridgehead atoms. The highest BCUT2D eigenvalue weighted by Crippen LogP contribution is 2.23. The molecule has 18 heavy (non-hydrogen) atoms. The number of hydrogen-bond donors (Lipinski definition) is 1. The van der Waals surface area contributed by atoms with Crippen LogP contribution in [0.3, 0.4) is 0 Å². The van der Waals surface area contributed by atoms with E-state index >= 15 is 0 Å². The Labute approximate surface area is 106 Å².